The lowest BCUT2D eigenvalue weighted by atomic mass is 9.33. The third-order valence-electron chi connectivity index (χ3n) is 14.4. The Kier molecular flexibility index (Phi) is 7.98. The number of esters is 1. The minimum absolute atomic E-state index is 0.0323. The van der Waals surface area contributed by atoms with Crippen LogP contribution >= 0.6 is 11.6 Å². The Labute approximate surface area is 275 Å². The van der Waals surface area contributed by atoms with Gasteiger partial charge in [0.1, 0.15) is 6.61 Å². The zero-order valence-electron chi connectivity index (χ0n) is 28.9. The van der Waals surface area contributed by atoms with Gasteiger partial charge in [0.2, 0.25) is 0 Å². The van der Waals surface area contributed by atoms with Crippen LogP contribution in [0.4, 0.5) is 0 Å². The predicted molar refractivity (Wildman–Crippen MR) is 180 cm³/mol. The Hall–Kier alpha value is -2.14. The largest absolute Gasteiger partial charge is 0.466 e. The zero-order chi connectivity index (χ0) is 32.6. The molecule has 0 heterocycles. The zero-order valence-corrected chi connectivity index (χ0v) is 29.6. The van der Waals surface area contributed by atoms with E-state index in [1.807, 2.05) is 31.2 Å². The molecule has 0 radical (unpaired) electrons. The topological polar surface area (TPSA) is 65.0 Å². The van der Waals surface area contributed by atoms with Crippen LogP contribution in [0, 0.1) is 50.2 Å². The molecule has 5 aliphatic carbocycles. The van der Waals surface area contributed by atoms with Crippen LogP contribution in [0.1, 0.15) is 119 Å². The molecule has 0 aromatic heterocycles. The van der Waals surface area contributed by atoms with E-state index in [1.165, 1.54) is 5.57 Å². The van der Waals surface area contributed by atoms with Crippen molar-refractivity contribution in [2.75, 3.05) is 6.61 Å². The number of oxime groups is 1. The molecule has 4 fully saturated rings. The van der Waals surface area contributed by atoms with E-state index >= 15 is 0 Å². The standard InChI is InChI=1S/C39H54ClNO4/c1-9-44-33(43)36(5)18-17-35(4)19-20-38(7)27(28(35)23-36)22-29(42)32-37(6)15-14-31(34(2,3)30(37)13-16-39(32,38)8)41-45-24-25-11-10-12-26(40)21-25/h10-12,21-22,28,30,32H,9,13-20,23-24H2,1-8H3/b41-31+/t28-,30-,32+,35+,36-,37-,38+,39+/m0/s1. The monoisotopic (exact) mass is 635 g/mol. The van der Waals surface area contributed by atoms with E-state index in [-0.39, 0.29) is 44.9 Å². The molecule has 0 saturated heterocycles. The van der Waals surface area contributed by atoms with Crippen molar-refractivity contribution in [3.05, 3.63) is 46.5 Å². The fourth-order valence-corrected chi connectivity index (χ4v) is 11.7. The first-order valence-electron chi connectivity index (χ1n) is 17.4. The average Bonchev–Trinajstić information content (AvgIpc) is 2.96. The maximum absolute atomic E-state index is 14.7. The van der Waals surface area contributed by atoms with Gasteiger partial charge in [0.05, 0.1) is 17.7 Å². The van der Waals surface area contributed by atoms with Gasteiger partial charge in [0.25, 0.3) is 0 Å². The summed E-state index contributed by atoms with van der Waals surface area (Å²) in [7, 11) is 0. The molecule has 4 saturated carbocycles. The SMILES string of the molecule is CCOC(=O)[C@@]1(C)CC[C@]2(C)CC[C@]3(C)C(=CC(=O)[C@@H]4[C@@]5(C)CC/C(=N\OCc6cccc(Cl)c6)C(C)(C)[C@@H]5CC[C@]43C)[C@@H]2C1. The molecule has 1 aromatic carbocycles. The number of hydrogen-bond donors (Lipinski definition) is 0. The first-order valence-corrected chi connectivity index (χ1v) is 17.8. The highest BCUT2D eigenvalue weighted by Crippen LogP contribution is 2.75. The minimum atomic E-state index is -0.498. The van der Waals surface area contributed by atoms with Crippen LogP contribution in [-0.4, -0.2) is 24.1 Å². The maximum atomic E-state index is 14.7. The second-order valence-corrected chi connectivity index (χ2v) is 17.6. The van der Waals surface area contributed by atoms with E-state index in [2.05, 4.69) is 54.5 Å². The summed E-state index contributed by atoms with van der Waals surface area (Å²) in [4.78, 5) is 33.8. The van der Waals surface area contributed by atoms with Crippen molar-refractivity contribution in [1.29, 1.82) is 0 Å². The highest BCUT2D eigenvalue weighted by molar-refractivity contribution is 6.30. The lowest BCUT2D eigenvalue weighted by Gasteiger charge is -2.70. The summed E-state index contributed by atoms with van der Waals surface area (Å²) in [5, 5.41) is 5.43. The Morgan fingerprint density at radius 3 is 2.44 bits per heavy atom. The van der Waals surface area contributed by atoms with Gasteiger partial charge in [0.15, 0.2) is 5.78 Å². The third kappa shape index (κ3) is 4.87. The van der Waals surface area contributed by atoms with E-state index in [4.69, 9.17) is 26.3 Å². The number of benzene rings is 1. The van der Waals surface area contributed by atoms with Crippen molar-refractivity contribution >= 4 is 29.1 Å². The van der Waals surface area contributed by atoms with Gasteiger partial charge in [-0.2, -0.15) is 0 Å². The van der Waals surface area contributed by atoms with Crippen LogP contribution in [0.3, 0.4) is 0 Å². The third-order valence-corrected chi connectivity index (χ3v) is 14.7. The van der Waals surface area contributed by atoms with Gasteiger partial charge < -0.3 is 9.57 Å². The number of hydrogen-bond acceptors (Lipinski definition) is 5. The molecular weight excluding hydrogens is 582 g/mol. The number of rotatable bonds is 5. The number of nitrogens with zero attached hydrogens (tertiary/aromatic N) is 1. The first-order chi connectivity index (χ1) is 21.0. The van der Waals surface area contributed by atoms with Crippen LogP contribution in [0.25, 0.3) is 0 Å². The van der Waals surface area contributed by atoms with Crippen LogP contribution < -0.4 is 0 Å². The van der Waals surface area contributed by atoms with Gasteiger partial charge in [-0.25, -0.2) is 0 Å². The summed E-state index contributed by atoms with van der Waals surface area (Å²) in [6.07, 6.45) is 10.9. The van der Waals surface area contributed by atoms with Crippen molar-refractivity contribution < 1.29 is 19.2 Å². The second-order valence-electron chi connectivity index (χ2n) is 17.1. The Morgan fingerprint density at radius 2 is 1.73 bits per heavy atom. The van der Waals surface area contributed by atoms with E-state index in [0.717, 1.165) is 69.1 Å². The quantitative estimate of drug-likeness (QED) is 0.239. The van der Waals surface area contributed by atoms with Crippen LogP contribution in [0.5, 0.6) is 0 Å². The molecular formula is C39H54ClNO4. The van der Waals surface area contributed by atoms with Gasteiger partial charge in [-0.3, -0.25) is 9.59 Å². The molecule has 6 heteroatoms. The second kappa shape index (κ2) is 11.0. The molecule has 5 aliphatic rings. The molecule has 6 rings (SSSR count). The Bertz CT molecular complexity index is 1450. The van der Waals surface area contributed by atoms with Crippen LogP contribution in [0.15, 0.2) is 41.1 Å². The molecule has 246 valence electrons. The number of carbonyl (C=O) groups is 2. The molecule has 0 bridgehead atoms. The van der Waals surface area contributed by atoms with Gasteiger partial charge in [-0.1, -0.05) is 76.0 Å². The maximum Gasteiger partial charge on any atom is 0.311 e. The molecule has 0 unspecified atom stereocenters. The molecule has 0 amide bonds. The number of fused-ring (bicyclic) bond motifs is 7. The molecule has 0 spiro atoms. The van der Waals surface area contributed by atoms with E-state index in [0.29, 0.717) is 29.9 Å². The van der Waals surface area contributed by atoms with Crippen LogP contribution in [-0.2, 0) is 25.8 Å². The first kappa shape index (κ1) is 32.8. The predicted octanol–water partition coefficient (Wildman–Crippen LogP) is 9.76. The average molecular weight is 636 g/mol. The van der Waals surface area contributed by atoms with E-state index < -0.39 is 5.41 Å². The Morgan fingerprint density at radius 1 is 1.00 bits per heavy atom. The lowest BCUT2D eigenvalue weighted by Crippen LogP contribution is -2.66. The van der Waals surface area contributed by atoms with Crippen molar-refractivity contribution in [3.8, 4) is 0 Å². The molecule has 5 nitrogen and oxygen atoms in total. The molecule has 0 aliphatic heterocycles. The van der Waals surface area contributed by atoms with Gasteiger partial charge in [0, 0.05) is 16.4 Å². The molecule has 8 atom stereocenters. The van der Waals surface area contributed by atoms with Gasteiger partial charge in [-0.05, 0) is 129 Å². The molecule has 0 N–H and O–H groups in total. The highest BCUT2D eigenvalue weighted by Gasteiger charge is 2.70. The summed E-state index contributed by atoms with van der Waals surface area (Å²) in [6.45, 7) is 19.2. The van der Waals surface area contributed by atoms with Crippen molar-refractivity contribution in [3.63, 3.8) is 0 Å². The number of carbonyl (C=O) groups excluding carboxylic acids is 2. The summed E-state index contributed by atoms with van der Waals surface area (Å²) >= 11 is 6.18. The smallest absolute Gasteiger partial charge is 0.311 e. The highest BCUT2D eigenvalue weighted by atomic mass is 35.5. The number of allylic oxidation sites excluding steroid dienone is 2. The molecule has 1 aromatic rings. The van der Waals surface area contributed by atoms with Gasteiger partial charge >= 0.3 is 5.97 Å². The summed E-state index contributed by atoms with van der Waals surface area (Å²) < 4.78 is 5.59. The summed E-state index contributed by atoms with van der Waals surface area (Å²) in [6, 6.07) is 7.73. The number of halogens is 1. The van der Waals surface area contributed by atoms with Gasteiger partial charge in [-0.15, -0.1) is 0 Å². The summed E-state index contributed by atoms with van der Waals surface area (Å²) in [5.74, 6) is 0.777. The van der Waals surface area contributed by atoms with Crippen molar-refractivity contribution in [1.82, 2.24) is 0 Å². The normalized spacial score (nSPS) is 42.9. The lowest BCUT2D eigenvalue weighted by molar-refractivity contribution is -0.177. The van der Waals surface area contributed by atoms with E-state index in [9.17, 15) is 9.59 Å². The van der Waals surface area contributed by atoms with Crippen molar-refractivity contribution in [2.24, 2.45) is 55.4 Å². The fourth-order valence-electron chi connectivity index (χ4n) is 11.5. The minimum Gasteiger partial charge on any atom is -0.466 e. The molecule has 45 heavy (non-hydrogen) atoms. The number of ketones is 1. The summed E-state index contributed by atoms with van der Waals surface area (Å²) in [5.41, 5.74) is 2.56. The van der Waals surface area contributed by atoms with Crippen LogP contribution in [0.2, 0.25) is 5.02 Å². The Balaban J connectivity index is 1.31. The van der Waals surface area contributed by atoms with E-state index in [1.54, 1.807) is 0 Å². The number of ether oxygens (including phenoxy) is 1. The van der Waals surface area contributed by atoms with Crippen molar-refractivity contribution in [2.45, 2.75) is 120 Å². The fraction of sp³-hybridized carbons (Fsp3) is 0.718.